The molecule has 2 aromatic heterocycles. The molecule has 0 saturated carbocycles. The molecule has 4 heterocycles. The number of amides is 1. The van der Waals surface area contributed by atoms with E-state index < -0.39 is 5.67 Å². The maximum absolute atomic E-state index is 15.8. The molecule has 1 aromatic carbocycles. The molecule has 0 unspecified atom stereocenters. The Bertz CT molecular complexity index is 1520. The minimum atomic E-state index is -1.58. The van der Waals surface area contributed by atoms with Crippen LogP contribution in [0.3, 0.4) is 0 Å². The molecule has 0 aliphatic carbocycles. The van der Waals surface area contributed by atoms with Crippen LogP contribution >= 0.6 is 11.6 Å². The van der Waals surface area contributed by atoms with Crippen LogP contribution in [0.25, 0.3) is 11.3 Å². The van der Waals surface area contributed by atoms with E-state index in [2.05, 4.69) is 20.4 Å². The summed E-state index contributed by atoms with van der Waals surface area (Å²) in [7, 11) is 1.62. The third-order valence-corrected chi connectivity index (χ3v) is 7.68. The lowest BCUT2D eigenvalue weighted by molar-refractivity contribution is -0.139. The summed E-state index contributed by atoms with van der Waals surface area (Å²) in [4.78, 5) is 27.0. The van der Waals surface area contributed by atoms with Crippen LogP contribution in [-0.4, -0.2) is 53.2 Å². The van der Waals surface area contributed by atoms with Gasteiger partial charge in [-0.3, -0.25) is 14.7 Å². The van der Waals surface area contributed by atoms with E-state index in [9.17, 15) is 4.79 Å². The van der Waals surface area contributed by atoms with Gasteiger partial charge in [-0.15, -0.1) is 0 Å². The molecular formula is C31H33ClFN5O2. The average Bonchev–Trinajstić information content (AvgIpc) is 2.91. The van der Waals surface area contributed by atoms with Crippen LogP contribution in [0.2, 0.25) is 5.02 Å². The number of likely N-dealkylation sites (tertiary alicyclic amines) is 1. The van der Waals surface area contributed by atoms with E-state index in [0.717, 1.165) is 28.1 Å². The number of methoxy groups -OCH3 is 1. The number of aromatic nitrogens is 2. The number of carbonyl (C=O) groups is 1. The number of hydrogen-bond acceptors (Lipinski definition) is 6. The summed E-state index contributed by atoms with van der Waals surface area (Å²) in [5.74, 6) is 1.15. The first kappa shape index (κ1) is 27.6. The fourth-order valence-corrected chi connectivity index (χ4v) is 5.64. The molecule has 2 aliphatic rings. The Morgan fingerprint density at radius 1 is 1.23 bits per heavy atom. The molecule has 0 N–H and O–H groups in total. The molecule has 1 saturated heterocycles. The zero-order valence-corrected chi connectivity index (χ0v) is 24.2. The molecule has 40 heavy (non-hydrogen) atoms. The number of nitrogens with zero attached hydrogens (tertiary/aromatic N) is 5. The molecule has 7 nitrogen and oxygen atoms in total. The van der Waals surface area contributed by atoms with Gasteiger partial charge in [-0.05, 0) is 55.2 Å². The Labute approximate surface area is 239 Å². The van der Waals surface area contributed by atoms with Crippen molar-refractivity contribution in [3.63, 3.8) is 0 Å². The lowest BCUT2D eigenvalue weighted by Crippen LogP contribution is -2.64. The summed E-state index contributed by atoms with van der Waals surface area (Å²) in [5.41, 5.74) is 4.30. The summed E-state index contributed by atoms with van der Waals surface area (Å²) in [6.45, 7) is 11.8. The first-order valence-electron chi connectivity index (χ1n) is 13.2. The zero-order valence-electron chi connectivity index (χ0n) is 23.4. The normalized spacial score (nSPS) is 15.7. The highest BCUT2D eigenvalue weighted by Crippen LogP contribution is 2.46. The van der Waals surface area contributed by atoms with E-state index in [1.807, 2.05) is 72.6 Å². The predicted octanol–water partition coefficient (Wildman–Crippen LogP) is 6.71. The number of rotatable bonds is 7. The summed E-state index contributed by atoms with van der Waals surface area (Å²) in [6, 6.07) is 9.59. The number of aryl methyl sites for hydroxylation is 2. The van der Waals surface area contributed by atoms with Gasteiger partial charge in [0.1, 0.15) is 5.75 Å². The fraction of sp³-hybridized carbons (Fsp3) is 0.323. The van der Waals surface area contributed by atoms with Crippen molar-refractivity contribution >= 4 is 34.7 Å². The SMILES string of the molecule is C=CC(=O)N1CC(F)(CN2C=CN(c3c(C)ccnc3C(C)C)c3nc(-c4c(C)cccc4OC)c(Cl)cc32)C1. The summed E-state index contributed by atoms with van der Waals surface area (Å²) < 4.78 is 21.5. The first-order chi connectivity index (χ1) is 19.1. The quantitative estimate of drug-likeness (QED) is 0.299. The number of benzene rings is 1. The van der Waals surface area contributed by atoms with Crippen LogP contribution < -0.4 is 14.5 Å². The van der Waals surface area contributed by atoms with Gasteiger partial charge < -0.3 is 14.5 Å². The minimum Gasteiger partial charge on any atom is -0.496 e. The van der Waals surface area contributed by atoms with Gasteiger partial charge in [0.2, 0.25) is 5.91 Å². The third kappa shape index (κ3) is 4.81. The van der Waals surface area contributed by atoms with Gasteiger partial charge in [0.25, 0.3) is 0 Å². The Hall–Kier alpha value is -3.91. The number of pyridine rings is 2. The highest BCUT2D eigenvalue weighted by atomic mass is 35.5. The maximum Gasteiger partial charge on any atom is 0.246 e. The zero-order chi connectivity index (χ0) is 28.8. The minimum absolute atomic E-state index is 0.000104. The monoisotopic (exact) mass is 561 g/mol. The van der Waals surface area contributed by atoms with Crippen molar-refractivity contribution < 1.29 is 13.9 Å². The summed E-state index contributed by atoms with van der Waals surface area (Å²) >= 11 is 6.91. The van der Waals surface area contributed by atoms with E-state index in [0.29, 0.717) is 28.0 Å². The van der Waals surface area contributed by atoms with Crippen molar-refractivity contribution in [3.05, 3.63) is 83.4 Å². The smallest absolute Gasteiger partial charge is 0.246 e. The number of ether oxygens (including phenoxy) is 1. The molecule has 9 heteroatoms. The summed E-state index contributed by atoms with van der Waals surface area (Å²) in [5, 5.41) is 0.420. The second kappa shape index (κ2) is 10.6. The van der Waals surface area contributed by atoms with Crippen LogP contribution in [0, 0.1) is 13.8 Å². The molecule has 208 valence electrons. The number of halogens is 2. The fourth-order valence-electron chi connectivity index (χ4n) is 5.40. The molecule has 2 aliphatic heterocycles. The van der Waals surface area contributed by atoms with Gasteiger partial charge in [0.15, 0.2) is 11.5 Å². The van der Waals surface area contributed by atoms with Crippen molar-refractivity contribution in [1.29, 1.82) is 0 Å². The van der Waals surface area contributed by atoms with Crippen LogP contribution in [0.1, 0.15) is 36.6 Å². The van der Waals surface area contributed by atoms with Gasteiger partial charge in [-0.1, -0.05) is 44.2 Å². The van der Waals surface area contributed by atoms with Crippen molar-refractivity contribution in [2.45, 2.75) is 39.3 Å². The van der Waals surface area contributed by atoms with Gasteiger partial charge in [-0.25, -0.2) is 9.37 Å². The number of alkyl halides is 1. The van der Waals surface area contributed by atoms with Crippen molar-refractivity contribution in [1.82, 2.24) is 14.9 Å². The van der Waals surface area contributed by atoms with Crippen LogP contribution in [0.5, 0.6) is 5.75 Å². The topological polar surface area (TPSA) is 61.8 Å². The van der Waals surface area contributed by atoms with Crippen molar-refractivity contribution in [3.8, 4) is 17.0 Å². The van der Waals surface area contributed by atoms with Crippen LogP contribution in [0.15, 0.2) is 61.6 Å². The Morgan fingerprint density at radius 3 is 2.65 bits per heavy atom. The second-order valence-electron chi connectivity index (χ2n) is 10.7. The van der Waals surface area contributed by atoms with Gasteiger partial charge in [0, 0.05) is 24.2 Å². The first-order valence-corrected chi connectivity index (χ1v) is 13.6. The number of hydrogen-bond donors (Lipinski definition) is 0. The van der Waals surface area contributed by atoms with Crippen LogP contribution in [-0.2, 0) is 4.79 Å². The number of anilines is 3. The second-order valence-corrected chi connectivity index (χ2v) is 11.1. The van der Waals surface area contributed by atoms with E-state index in [-0.39, 0.29) is 31.5 Å². The molecule has 0 spiro atoms. The molecule has 0 atom stereocenters. The Balaban J connectivity index is 1.65. The number of fused-ring (bicyclic) bond motifs is 1. The molecule has 1 amide bonds. The molecule has 1 fully saturated rings. The van der Waals surface area contributed by atoms with E-state index >= 15 is 4.39 Å². The predicted molar refractivity (Wildman–Crippen MR) is 158 cm³/mol. The maximum atomic E-state index is 15.8. The van der Waals surface area contributed by atoms with Crippen molar-refractivity contribution in [2.75, 3.05) is 36.5 Å². The third-order valence-electron chi connectivity index (χ3n) is 7.39. The summed E-state index contributed by atoms with van der Waals surface area (Å²) in [6.07, 6.45) is 6.76. The van der Waals surface area contributed by atoms with E-state index in [1.165, 1.54) is 11.0 Å². The average molecular weight is 562 g/mol. The van der Waals surface area contributed by atoms with Gasteiger partial charge in [-0.2, -0.15) is 0 Å². The standard InChI is InChI=1S/C31H33ClFN5O2/c1-7-25(39)37-17-31(33,18-37)16-36-13-14-38(29-21(5)11-12-34-27(29)19(2)3)30-23(36)15-22(32)28(35-30)26-20(4)9-8-10-24(26)40-6/h7-15,19H,1,16-18H2,2-6H3. The molecular weight excluding hydrogens is 529 g/mol. The molecule has 0 radical (unpaired) electrons. The number of carbonyl (C=O) groups excluding carboxylic acids is 1. The van der Waals surface area contributed by atoms with Gasteiger partial charge in [0.05, 0.1) is 54.5 Å². The van der Waals surface area contributed by atoms with Crippen LogP contribution in [0.4, 0.5) is 21.6 Å². The van der Waals surface area contributed by atoms with E-state index in [4.69, 9.17) is 26.3 Å². The van der Waals surface area contributed by atoms with Crippen molar-refractivity contribution in [2.24, 2.45) is 0 Å². The molecule has 0 bridgehead atoms. The molecule has 5 rings (SSSR count). The van der Waals surface area contributed by atoms with E-state index in [1.54, 1.807) is 7.11 Å². The largest absolute Gasteiger partial charge is 0.496 e. The lowest BCUT2D eigenvalue weighted by atomic mass is 9.94. The molecule has 3 aromatic rings. The Morgan fingerprint density at radius 2 is 1.98 bits per heavy atom. The lowest BCUT2D eigenvalue weighted by Gasteiger charge is -2.46. The highest BCUT2D eigenvalue weighted by Gasteiger charge is 2.47. The Kier molecular flexibility index (Phi) is 7.31. The van der Waals surface area contributed by atoms with Gasteiger partial charge >= 0.3 is 0 Å². The highest BCUT2D eigenvalue weighted by molar-refractivity contribution is 6.33.